The van der Waals surface area contributed by atoms with Crippen LogP contribution in [0.1, 0.15) is 61.6 Å². The number of hydrogen-bond acceptors (Lipinski definition) is 4. The fourth-order valence-electron chi connectivity index (χ4n) is 3.75. The summed E-state index contributed by atoms with van der Waals surface area (Å²) < 4.78 is 13.6. The van der Waals surface area contributed by atoms with Crippen LogP contribution in [-0.4, -0.2) is 34.8 Å². The van der Waals surface area contributed by atoms with Gasteiger partial charge in [0.05, 0.1) is 25.5 Å². The number of benzene rings is 1. The fourth-order valence-corrected chi connectivity index (χ4v) is 3.75. The van der Waals surface area contributed by atoms with Gasteiger partial charge in [-0.15, -0.1) is 5.10 Å². The van der Waals surface area contributed by atoms with E-state index in [1.165, 1.54) is 18.4 Å². The van der Waals surface area contributed by atoms with E-state index in [2.05, 4.69) is 61.1 Å². The highest BCUT2D eigenvalue weighted by molar-refractivity contribution is 5.43. The number of hydrogen-bond donors (Lipinski definition) is 0. The summed E-state index contributed by atoms with van der Waals surface area (Å²) in [7, 11) is 1.72. The molecular weight excluding hydrogens is 350 g/mol. The van der Waals surface area contributed by atoms with Crippen LogP contribution in [0.25, 0.3) is 0 Å². The first-order chi connectivity index (χ1) is 13.4. The lowest BCUT2D eigenvalue weighted by atomic mass is 9.91. The Morgan fingerprint density at radius 3 is 2.86 bits per heavy atom. The first-order valence-electron chi connectivity index (χ1n) is 10.1. The van der Waals surface area contributed by atoms with Crippen molar-refractivity contribution in [2.75, 3.05) is 13.7 Å². The summed E-state index contributed by atoms with van der Waals surface area (Å²) in [4.78, 5) is 0. The van der Waals surface area contributed by atoms with E-state index in [9.17, 15) is 0 Å². The first kappa shape index (κ1) is 19.2. The number of aryl methyl sites for hydroxylation is 1. The van der Waals surface area contributed by atoms with E-state index in [0.29, 0.717) is 5.92 Å². The molecule has 0 spiro atoms. The van der Waals surface area contributed by atoms with Gasteiger partial charge < -0.3 is 9.47 Å². The van der Waals surface area contributed by atoms with E-state index in [-0.39, 0.29) is 17.6 Å². The van der Waals surface area contributed by atoms with Gasteiger partial charge in [0, 0.05) is 18.6 Å². The summed E-state index contributed by atoms with van der Waals surface area (Å²) >= 11 is 0. The van der Waals surface area contributed by atoms with Gasteiger partial charge in [0.25, 0.3) is 0 Å². The number of aromatic nitrogens is 3. The van der Waals surface area contributed by atoms with Crippen LogP contribution in [0.15, 0.2) is 24.4 Å². The van der Waals surface area contributed by atoms with Gasteiger partial charge in [-0.2, -0.15) is 0 Å². The van der Waals surface area contributed by atoms with Gasteiger partial charge in [-0.3, -0.25) is 0 Å². The van der Waals surface area contributed by atoms with Crippen LogP contribution in [0.3, 0.4) is 0 Å². The summed E-state index contributed by atoms with van der Waals surface area (Å²) in [6.45, 7) is 8.09. The molecule has 1 aliphatic heterocycles. The summed E-state index contributed by atoms with van der Waals surface area (Å²) in [6.07, 6.45) is 5.42. The van der Waals surface area contributed by atoms with Gasteiger partial charge in [-0.05, 0) is 54.9 Å². The molecule has 2 heterocycles. The van der Waals surface area contributed by atoms with Crippen LogP contribution in [0, 0.1) is 30.1 Å². The summed E-state index contributed by atoms with van der Waals surface area (Å²) in [5, 5.41) is 8.71. The van der Waals surface area contributed by atoms with E-state index in [4.69, 9.17) is 9.47 Å². The first-order valence-corrected chi connectivity index (χ1v) is 10.1. The maximum Gasteiger partial charge on any atom is 0.128 e. The molecular formula is C23H29N3O2. The molecule has 0 amide bonds. The lowest BCUT2D eigenvalue weighted by molar-refractivity contribution is 0.0848. The zero-order valence-corrected chi connectivity index (χ0v) is 17.2. The van der Waals surface area contributed by atoms with Gasteiger partial charge in [0.1, 0.15) is 11.8 Å². The lowest BCUT2D eigenvalue weighted by Gasteiger charge is -2.16. The minimum atomic E-state index is -0.252. The molecule has 0 radical (unpaired) electrons. The molecule has 5 heteroatoms. The van der Waals surface area contributed by atoms with Crippen molar-refractivity contribution in [2.45, 2.75) is 58.8 Å². The number of nitrogens with zero attached hydrogens (tertiary/aromatic N) is 3. The Labute approximate surface area is 167 Å². The average Bonchev–Trinajstić information content (AvgIpc) is 3.28. The topological polar surface area (TPSA) is 49.2 Å². The quantitative estimate of drug-likeness (QED) is 0.740. The Hall–Kier alpha value is -2.16. The molecule has 4 rings (SSSR count). The monoisotopic (exact) mass is 379 g/mol. The molecule has 1 saturated heterocycles. The van der Waals surface area contributed by atoms with Crippen LogP contribution in [-0.2, 0) is 16.0 Å². The second-order valence-corrected chi connectivity index (χ2v) is 8.90. The Bertz CT molecular complexity index is 902. The molecule has 1 aliphatic carbocycles. The fraction of sp³-hybridized carbons (Fsp3) is 0.565. The molecule has 0 bridgehead atoms. The van der Waals surface area contributed by atoms with Crippen molar-refractivity contribution in [2.24, 2.45) is 11.3 Å². The third-order valence-electron chi connectivity index (χ3n) is 5.50. The van der Waals surface area contributed by atoms with Crippen LogP contribution >= 0.6 is 0 Å². The number of rotatable bonds is 5. The largest absolute Gasteiger partial charge is 0.376 e. The lowest BCUT2D eigenvalue weighted by Crippen LogP contribution is -2.17. The van der Waals surface area contributed by atoms with Crippen molar-refractivity contribution in [3.63, 3.8) is 0 Å². The predicted molar refractivity (Wildman–Crippen MR) is 108 cm³/mol. The molecule has 2 atom stereocenters. The van der Waals surface area contributed by atoms with Gasteiger partial charge >= 0.3 is 0 Å². The minimum Gasteiger partial charge on any atom is -0.376 e. The Kier molecular flexibility index (Phi) is 5.27. The normalized spacial score (nSPS) is 21.9. The predicted octanol–water partition coefficient (Wildman–Crippen LogP) is 3.90. The third-order valence-corrected chi connectivity index (χ3v) is 5.50. The average molecular weight is 380 g/mol. The molecule has 2 unspecified atom stereocenters. The molecule has 2 aliphatic rings. The maximum absolute atomic E-state index is 5.90. The minimum absolute atomic E-state index is 0.188. The number of ether oxygens (including phenoxy) is 2. The van der Waals surface area contributed by atoms with E-state index < -0.39 is 0 Å². The highest BCUT2D eigenvalue weighted by Crippen LogP contribution is 2.32. The molecule has 2 aromatic rings. The van der Waals surface area contributed by atoms with Gasteiger partial charge in [-0.1, -0.05) is 37.0 Å². The molecule has 5 nitrogen and oxygen atoms in total. The van der Waals surface area contributed by atoms with Crippen molar-refractivity contribution in [3.8, 4) is 11.8 Å². The van der Waals surface area contributed by atoms with E-state index >= 15 is 0 Å². The van der Waals surface area contributed by atoms with Gasteiger partial charge in [-0.25, -0.2) is 4.68 Å². The smallest absolute Gasteiger partial charge is 0.128 e. The Balaban J connectivity index is 1.52. The third kappa shape index (κ3) is 4.45. The van der Waals surface area contributed by atoms with Crippen LogP contribution in [0.2, 0.25) is 0 Å². The van der Waals surface area contributed by atoms with Crippen molar-refractivity contribution >= 4 is 0 Å². The molecule has 1 aromatic heterocycles. The van der Waals surface area contributed by atoms with Crippen molar-refractivity contribution in [1.29, 1.82) is 0 Å². The standard InChI is InChI=1S/C23H29N3O2/c1-16-5-6-18(10-9-17-7-8-17)11-20(16)22(27-4)21-14-26(25-24-21)13-19-12-23(2,3)15-28-19/h5-6,11,14,17,19,22H,7-8,12-13,15H2,1-4H3. The molecule has 1 aromatic carbocycles. The second-order valence-electron chi connectivity index (χ2n) is 8.90. The summed E-state index contributed by atoms with van der Waals surface area (Å²) in [5.41, 5.74) is 4.34. The van der Waals surface area contributed by atoms with E-state index in [1.54, 1.807) is 7.11 Å². The van der Waals surface area contributed by atoms with Crippen molar-refractivity contribution in [3.05, 3.63) is 46.8 Å². The van der Waals surface area contributed by atoms with Crippen LogP contribution in [0.5, 0.6) is 0 Å². The summed E-state index contributed by atoms with van der Waals surface area (Å²) in [6, 6.07) is 6.31. The SMILES string of the molecule is COC(c1cn(CC2CC(C)(C)CO2)nn1)c1cc(C#CC2CC2)ccc1C. The van der Waals surface area contributed by atoms with E-state index in [0.717, 1.165) is 36.4 Å². The molecule has 2 fully saturated rings. The van der Waals surface area contributed by atoms with E-state index in [1.807, 2.05) is 10.9 Å². The van der Waals surface area contributed by atoms with Crippen molar-refractivity contribution < 1.29 is 9.47 Å². The zero-order valence-electron chi connectivity index (χ0n) is 17.2. The molecule has 28 heavy (non-hydrogen) atoms. The number of methoxy groups -OCH3 is 1. The maximum atomic E-state index is 5.90. The van der Waals surface area contributed by atoms with Gasteiger partial charge in [0.2, 0.25) is 0 Å². The highest BCUT2D eigenvalue weighted by Gasteiger charge is 2.32. The highest BCUT2D eigenvalue weighted by atomic mass is 16.5. The van der Waals surface area contributed by atoms with Crippen molar-refractivity contribution in [1.82, 2.24) is 15.0 Å². The second kappa shape index (κ2) is 7.69. The Morgan fingerprint density at radius 1 is 1.36 bits per heavy atom. The summed E-state index contributed by atoms with van der Waals surface area (Å²) in [5.74, 6) is 7.22. The van der Waals surface area contributed by atoms with Gasteiger partial charge in [0.15, 0.2) is 0 Å². The van der Waals surface area contributed by atoms with Crippen LogP contribution in [0.4, 0.5) is 0 Å². The van der Waals surface area contributed by atoms with Crippen LogP contribution < -0.4 is 0 Å². The zero-order chi connectivity index (χ0) is 19.7. The molecule has 0 N–H and O–H groups in total. The molecule has 148 valence electrons. The molecule has 1 saturated carbocycles. The Morgan fingerprint density at radius 2 is 2.18 bits per heavy atom.